The van der Waals surface area contributed by atoms with Crippen LogP contribution in [0.4, 0.5) is 0 Å². The third kappa shape index (κ3) is 3.92. The molecule has 1 aliphatic rings. The van der Waals surface area contributed by atoms with Gasteiger partial charge < -0.3 is 10.2 Å². The lowest BCUT2D eigenvalue weighted by atomic mass is 10.4. The molecule has 1 rings (SSSR count). The fourth-order valence-corrected chi connectivity index (χ4v) is 1.38. The number of hydrogen-bond donors (Lipinski definition) is 1. The maximum Gasteiger partial charge on any atom is 0.236 e. The third-order valence-corrected chi connectivity index (χ3v) is 2.49. The van der Waals surface area contributed by atoms with Gasteiger partial charge in [-0.1, -0.05) is 6.08 Å². The summed E-state index contributed by atoms with van der Waals surface area (Å²) in [6, 6.07) is 0. The smallest absolute Gasteiger partial charge is 0.236 e. The highest BCUT2D eigenvalue weighted by Crippen LogP contribution is 2.27. The van der Waals surface area contributed by atoms with E-state index in [0.29, 0.717) is 13.1 Å². The van der Waals surface area contributed by atoms with Crippen LogP contribution in [0, 0.1) is 5.92 Å². The Hall–Kier alpha value is -0.830. The number of hydrogen-bond acceptors (Lipinski definition) is 2. The number of carbonyl (C=O) groups is 1. The molecule has 0 radical (unpaired) electrons. The topological polar surface area (TPSA) is 32.3 Å². The van der Waals surface area contributed by atoms with Gasteiger partial charge in [-0.2, -0.15) is 0 Å². The molecule has 0 saturated heterocycles. The fraction of sp³-hybridized carbons (Fsp3) is 0.727. The highest BCUT2D eigenvalue weighted by Gasteiger charge is 2.21. The third-order valence-electron chi connectivity index (χ3n) is 2.49. The van der Waals surface area contributed by atoms with Crippen molar-refractivity contribution in [2.45, 2.75) is 19.8 Å². The van der Waals surface area contributed by atoms with Gasteiger partial charge in [-0.25, -0.2) is 0 Å². The van der Waals surface area contributed by atoms with Crippen LogP contribution in [0.5, 0.6) is 0 Å². The summed E-state index contributed by atoms with van der Waals surface area (Å²) in [5.74, 6) is 1.00. The van der Waals surface area contributed by atoms with Crippen molar-refractivity contribution < 1.29 is 4.79 Å². The Morgan fingerprint density at radius 1 is 1.64 bits per heavy atom. The van der Waals surface area contributed by atoms with Crippen molar-refractivity contribution in [3.05, 3.63) is 12.7 Å². The van der Waals surface area contributed by atoms with Gasteiger partial charge >= 0.3 is 0 Å². The molecule has 0 aliphatic heterocycles. The summed E-state index contributed by atoms with van der Waals surface area (Å²) in [6.45, 7) is 8.50. The van der Waals surface area contributed by atoms with Crippen LogP contribution in [-0.4, -0.2) is 37.0 Å². The van der Waals surface area contributed by atoms with Crippen molar-refractivity contribution in [1.29, 1.82) is 0 Å². The highest BCUT2D eigenvalue weighted by molar-refractivity contribution is 5.78. The van der Waals surface area contributed by atoms with Crippen LogP contribution in [0.15, 0.2) is 12.7 Å². The molecular formula is C11H20N2O. The number of rotatable bonds is 7. The molecule has 0 aromatic carbocycles. The van der Waals surface area contributed by atoms with Gasteiger partial charge in [0.15, 0.2) is 0 Å². The average Bonchev–Trinajstić information content (AvgIpc) is 2.97. The fourth-order valence-electron chi connectivity index (χ4n) is 1.38. The van der Waals surface area contributed by atoms with Gasteiger partial charge in [0.2, 0.25) is 5.91 Å². The number of likely N-dealkylation sites (N-methyl/N-ethyl adjacent to an activating group) is 1. The molecule has 80 valence electrons. The molecule has 1 aliphatic carbocycles. The molecule has 0 bridgehead atoms. The van der Waals surface area contributed by atoms with Crippen molar-refractivity contribution >= 4 is 5.91 Å². The molecule has 0 unspecified atom stereocenters. The molecule has 1 fully saturated rings. The number of nitrogens with one attached hydrogen (secondary N) is 1. The maximum atomic E-state index is 11.6. The molecule has 14 heavy (non-hydrogen) atoms. The minimum Gasteiger partial charge on any atom is -0.338 e. The van der Waals surface area contributed by atoms with E-state index in [9.17, 15) is 4.79 Å². The molecule has 3 nitrogen and oxygen atoms in total. The molecule has 0 atom stereocenters. The molecule has 1 N–H and O–H groups in total. The Labute approximate surface area is 86.2 Å². The Kier molecular flexibility index (Phi) is 4.66. The predicted molar refractivity (Wildman–Crippen MR) is 58.0 cm³/mol. The summed E-state index contributed by atoms with van der Waals surface area (Å²) < 4.78 is 0. The second-order valence-electron chi connectivity index (χ2n) is 3.80. The lowest BCUT2D eigenvalue weighted by Crippen LogP contribution is -2.38. The van der Waals surface area contributed by atoms with Gasteiger partial charge in [0.25, 0.3) is 0 Å². The second-order valence-corrected chi connectivity index (χ2v) is 3.80. The molecule has 0 aromatic heterocycles. The van der Waals surface area contributed by atoms with E-state index in [1.807, 2.05) is 6.92 Å². The van der Waals surface area contributed by atoms with Gasteiger partial charge in [0.1, 0.15) is 0 Å². The van der Waals surface area contributed by atoms with Crippen molar-refractivity contribution in [3.63, 3.8) is 0 Å². The zero-order chi connectivity index (χ0) is 10.4. The zero-order valence-electron chi connectivity index (χ0n) is 8.96. The summed E-state index contributed by atoms with van der Waals surface area (Å²) in [5.41, 5.74) is 0. The monoisotopic (exact) mass is 196 g/mol. The second kappa shape index (κ2) is 5.81. The average molecular weight is 196 g/mol. The molecular weight excluding hydrogens is 176 g/mol. The Morgan fingerprint density at radius 2 is 2.36 bits per heavy atom. The van der Waals surface area contributed by atoms with Crippen LogP contribution >= 0.6 is 0 Å². The van der Waals surface area contributed by atoms with E-state index >= 15 is 0 Å². The summed E-state index contributed by atoms with van der Waals surface area (Å²) in [6.07, 6.45) is 4.42. The summed E-state index contributed by atoms with van der Waals surface area (Å²) in [5, 5.41) is 3.19. The van der Waals surface area contributed by atoms with Crippen molar-refractivity contribution in [2.24, 2.45) is 5.92 Å². The minimum absolute atomic E-state index is 0.174. The molecule has 1 saturated carbocycles. The van der Waals surface area contributed by atoms with Crippen LogP contribution in [-0.2, 0) is 4.79 Å². The molecule has 0 heterocycles. The Bertz CT molecular complexity index is 199. The largest absolute Gasteiger partial charge is 0.338 e. The standard InChI is InChI=1S/C11H20N2O/c1-3-7-13(4-2)11(14)9-12-8-10-5-6-10/h3,10,12H,1,4-9H2,2H3. The van der Waals surface area contributed by atoms with E-state index in [-0.39, 0.29) is 5.91 Å². The number of nitrogens with zero attached hydrogens (tertiary/aromatic N) is 1. The van der Waals surface area contributed by atoms with Gasteiger partial charge in [-0.15, -0.1) is 6.58 Å². The van der Waals surface area contributed by atoms with Crippen LogP contribution in [0.25, 0.3) is 0 Å². The van der Waals surface area contributed by atoms with Gasteiger partial charge in [0, 0.05) is 13.1 Å². The van der Waals surface area contributed by atoms with Crippen LogP contribution in [0.2, 0.25) is 0 Å². The van der Waals surface area contributed by atoms with Crippen LogP contribution in [0.1, 0.15) is 19.8 Å². The number of amides is 1. The Balaban J connectivity index is 2.12. The van der Waals surface area contributed by atoms with E-state index in [2.05, 4.69) is 11.9 Å². The van der Waals surface area contributed by atoms with Crippen molar-refractivity contribution in [2.75, 3.05) is 26.2 Å². The van der Waals surface area contributed by atoms with E-state index in [1.165, 1.54) is 12.8 Å². The first kappa shape index (κ1) is 11.2. The first-order valence-electron chi connectivity index (χ1n) is 5.37. The SMILES string of the molecule is C=CCN(CC)C(=O)CNCC1CC1. The normalized spacial score (nSPS) is 15.2. The van der Waals surface area contributed by atoms with E-state index in [1.54, 1.807) is 11.0 Å². The molecule has 0 spiro atoms. The molecule has 3 heteroatoms. The van der Waals surface area contributed by atoms with E-state index in [0.717, 1.165) is 19.0 Å². The predicted octanol–water partition coefficient (Wildman–Crippen LogP) is 1.02. The minimum atomic E-state index is 0.174. The zero-order valence-corrected chi connectivity index (χ0v) is 8.96. The van der Waals surface area contributed by atoms with Crippen molar-refractivity contribution in [1.82, 2.24) is 10.2 Å². The van der Waals surface area contributed by atoms with E-state index in [4.69, 9.17) is 0 Å². The molecule has 1 amide bonds. The molecule has 0 aromatic rings. The quantitative estimate of drug-likeness (QED) is 0.617. The van der Waals surface area contributed by atoms with Gasteiger partial charge in [-0.3, -0.25) is 4.79 Å². The van der Waals surface area contributed by atoms with Gasteiger partial charge in [-0.05, 0) is 32.2 Å². The lowest BCUT2D eigenvalue weighted by Gasteiger charge is -2.19. The first-order valence-corrected chi connectivity index (χ1v) is 5.37. The van der Waals surface area contributed by atoms with Crippen LogP contribution in [0.3, 0.4) is 0 Å². The van der Waals surface area contributed by atoms with E-state index < -0.39 is 0 Å². The Morgan fingerprint density at radius 3 is 2.86 bits per heavy atom. The maximum absolute atomic E-state index is 11.6. The summed E-state index contributed by atoms with van der Waals surface area (Å²) in [4.78, 5) is 13.4. The van der Waals surface area contributed by atoms with Crippen LogP contribution < -0.4 is 5.32 Å². The highest BCUT2D eigenvalue weighted by atomic mass is 16.2. The number of carbonyl (C=O) groups excluding carboxylic acids is 1. The van der Waals surface area contributed by atoms with Gasteiger partial charge in [0.05, 0.1) is 6.54 Å². The summed E-state index contributed by atoms with van der Waals surface area (Å²) >= 11 is 0. The van der Waals surface area contributed by atoms with Crippen molar-refractivity contribution in [3.8, 4) is 0 Å². The lowest BCUT2D eigenvalue weighted by molar-refractivity contribution is -0.129. The summed E-state index contributed by atoms with van der Waals surface area (Å²) in [7, 11) is 0. The first-order chi connectivity index (χ1) is 6.77.